The first-order chi connectivity index (χ1) is 20.4. The molecule has 9 nitrogen and oxygen atoms in total. The van der Waals surface area contributed by atoms with Crippen molar-refractivity contribution in [3.63, 3.8) is 0 Å². The molecule has 2 aliphatic rings. The Morgan fingerprint density at radius 3 is 1.88 bits per heavy atom. The number of rotatable bonds is 8. The number of aromatic nitrogens is 3. The van der Waals surface area contributed by atoms with E-state index in [4.69, 9.17) is 0 Å². The minimum Gasteiger partial charge on any atom is -0.481 e. The number of carboxylic acids is 2. The smallest absolute Gasteiger partial charge is 0.303 e. The van der Waals surface area contributed by atoms with Gasteiger partial charge in [0.1, 0.15) is 0 Å². The van der Waals surface area contributed by atoms with Crippen molar-refractivity contribution in [3.05, 3.63) is 78.2 Å². The minimum absolute atomic E-state index is 0.00506. The van der Waals surface area contributed by atoms with Gasteiger partial charge in [0.25, 0.3) is 0 Å². The number of hydrogen-bond donors (Lipinski definition) is 6. The number of ketones is 1. The number of hydrogen-bond acceptors (Lipinski definition) is 4. The predicted octanol–water partition coefficient (Wildman–Crippen LogP) is 4.13. The summed E-state index contributed by atoms with van der Waals surface area (Å²) in [4.78, 5) is 47.5. The van der Waals surface area contributed by atoms with Crippen LogP contribution in [0.3, 0.4) is 0 Å². The second kappa shape index (κ2) is 11.3. The molecule has 226 valence electrons. The van der Waals surface area contributed by atoms with Crippen LogP contribution in [0.2, 0.25) is 0 Å². The number of fused-ring (bicyclic) bond motifs is 8. The van der Waals surface area contributed by atoms with E-state index in [-0.39, 0.29) is 18.6 Å². The number of aliphatic carboxylic acids is 2. The zero-order valence-electron chi connectivity index (χ0n) is 25.7. The standard InChI is InChI=1S/C34H40N4O5/c1-7-20-17(3)23-13-24-18(4)21(9-11-31(39)40)26(35-24)15-27-22(10-12-32(41)42)19(5)25(36-27)14-29-33(43)34(6,8-2)30(38-29)16-28(20)37-23/h13-16,35-38H,7-12H2,1-6H3,(H,39,40)(H,41,42)/b24-13-,26-15-,29-14-,30-16-. The minimum atomic E-state index is -0.896. The zero-order valence-corrected chi connectivity index (χ0v) is 25.7. The molecule has 5 heterocycles. The highest BCUT2D eigenvalue weighted by atomic mass is 16.4. The molecule has 1 unspecified atom stereocenters. The molecule has 0 spiro atoms. The van der Waals surface area contributed by atoms with Gasteiger partial charge in [0.2, 0.25) is 0 Å². The summed E-state index contributed by atoms with van der Waals surface area (Å²) in [6.07, 6.45) is 9.90. The van der Waals surface area contributed by atoms with Gasteiger partial charge < -0.3 is 30.5 Å². The average Bonchev–Trinajstić information content (AvgIpc) is 3.59. The first-order valence-electron chi connectivity index (χ1n) is 14.9. The Bertz CT molecular complexity index is 1840. The number of H-pyrrole nitrogens is 3. The van der Waals surface area contributed by atoms with E-state index in [1.807, 2.05) is 39.8 Å². The predicted molar refractivity (Wildman–Crippen MR) is 167 cm³/mol. The van der Waals surface area contributed by atoms with Crippen LogP contribution in [-0.2, 0) is 33.6 Å². The third-order valence-electron chi connectivity index (χ3n) is 9.36. The van der Waals surface area contributed by atoms with Gasteiger partial charge in [-0.15, -0.1) is 0 Å². The van der Waals surface area contributed by atoms with Crippen molar-refractivity contribution in [3.8, 4) is 0 Å². The molecule has 0 amide bonds. The lowest BCUT2D eigenvalue weighted by Gasteiger charge is -2.20. The highest BCUT2D eigenvalue weighted by Gasteiger charge is 2.44. The Labute approximate surface area is 250 Å². The van der Waals surface area contributed by atoms with Crippen molar-refractivity contribution in [2.45, 2.75) is 80.1 Å². The molecule has 6 N–H and O–H groups in total. The van der Waals surface area contributed by atoms with E-state index in [0.717, 1.165) is 73.4 Å². The van der Waals surface area contributed by atoms with Gasteiger partial charge in [0, 0.05) is 52.0 Å². The molecule has 3 aromatic rings. The molecule has 1 atom stereocenters. The Balaban J connectivity index is 1.86. The molecular formula is C34H40N4O5. The summed E-state index contributed by atoms with van der Waals surface area (Å²) in [6.45, 7) is 12.1. The summed E-state index contributed by atoms with van der Waals surface area (Å²) in [6, 6.07) is 0. The van der Waals surface area contributed by atoms with Gasteiger partial charge in [-0.25, -0.2) is 0 Å². The molecule has 1 fully saturated rings. The monoisotopic (exact) mass is 584 g/mol. The molecule has 9 heteroatoms. The molecular weight excluding hydrogens is 544 g/mol. The fourth-order valence-corrected chi connectivity index (χ4v) is 6.39. The van der Waals surface area contributed by atoms with Crippen molar-refractivity contribution < 1.29 is 24.6 Å². The Morgan fingerprint density at radius 1 is 0.721 bits per heavy atom. The van der Waals surface area contributed by atoms with E-state index in [0.29, 0.717) is 25.0 Å². The van der Waals surface area contributed by atoms with Crippen LogP contribution in [0.4, 0.5) is 0 Å². The van der Waals surface area contributed by atoms with Crippen LogP contribution in [-0.4, -0.2) is 42.9 Å². The highest BCUT2D eigenvalue weighted by molar-refractivity contribution is 6.08. The van der Waals surface area contributed by atoms with Crippen LogP contribution < -0.4 is 16.0 Å². The largest absolute Gasteiger partial charge is 0.481 e. The summed E-state index contributed by atoms with van der Waals surface area (Å²) in [5, 5.41) is 24.0. The Hall–Kier alpha value is -4.53. The lowest BCUT2D eigenvalue weighted by atomic mass is 9.81. The molecule has 0 aromatic carbocycles. The summed E-state index contributed by atoms with van der Waals surface area (Å²) in [7, 11) is 0. The third kappa shape index (κ3) is 5.28. The van der Waals surface area contributed by atoms with Gasteiger partial charge in [-0.3, -0.25) is 14.4 Å². The number of Topliss-reactive ketones (excluding diaryl/α,β-unsaturated/α-hetero) is 1. The number of carboxylic acid groups (broad SMARTS) is 2. The second-order valence-electron chi connectivity index (χ2n) is 11.9. The highest BCUT2D eigenvalue weighted by Crippen LogP contribution is 2.41. The maximum atomic E-state index is 13.9. The SMILES string of the molecule is CCc1c2[nH]c(c1C)/C=c1\[nH]/c(c(CCC(=O)O)c1C)=C\c1[nH]c(c(C)c1CCC(=O)O)/C=C1\N/C(=C\2)C(C)(CC)C1=O. The molecule has 0 saturated carbocycles. The molecule has 43 heavy (non-hydrogen) atoms. The Morgan fingerprint density at radius 2 is 1.28 bits per heavy atom. The van der Waals surface area contributed by atoms with E-state index in [1.54, 1.807) is 0 Å². The number of carbonyl (C=O) groups excluding carboxylic acids is 1. The lowest BCUT2D eigenvalue weighted by Crippen LogP contribution is -2.23. The van der Waals surface area contributed by atoms with Gasteiger partial charge in [-0.2, -0.15) is 0 Å². The quantitative estimate of drug-likeness (QED) is 0.234. The maximum absolute atomic E-state index is 13.9. The maximum Gasteiger partial charge on any atom is 0.303 e. The van der Waals surface area contributed by atoms with Crippen LogP contribution in [0.25, 0.3) is 24.3 Å². The van der Waals surface area contributed by atoms with Crippen LogP contribution in [0, 0.1) is 26.2 Å². The van der Waals surface area contributed by atoms with Crippen LogP contribution in [0.5, 0.6) is 0 Å². The number of allylic oxidation sites excluding steroid dienone is 2. The van der Waals surface area contributed by atoms with Gasteiger partial charge in [0.05, 0.1) is 11.1 Å². The van der Waals surface area contributed by atoms with Crippen molar-refractivity contribution >= 4 is 42.0 Å². The van der Waals surface area contributed by atoms with Gasteiger partial charge >= 0.3 is 11.9 Å². The summed E-state index contributed by atoms with van der Waals surface area (Å²) in [5.41, 5.74) is 9.79. The zero-order chi connectivity index (χ0) is 31.2. The van der Waals surface area contributed by atoms with Crippen molar-refractivity contribution in [1.82, 2.24) is 20.3 Å². The molecule has 5 rings (SSSR count). The second-order valence-corrected chi connectivity index (χ2v) is 11.9. The fourth-order valence-electron chi connectivity index (χ4n) is 6.39. The van der Waals surface area contributed by atoms with Crippen LogP contribution in [0.1, 0.15) is 96.2 Å². The van der Waals surface area contributed by atoms with Crippen molar-refractivity contribution in [2.24, 2.45) is 5.41 Å². The Kier molecular flexibility index (Phi) is 7.86. The summed E-state index contributed by atoms with van der Waals surface area (Å²) >= 11 is 0. The first kappa shape index (κ1) is 29.9. The number of aromatic amines is 3. The lowest BCUT2D eigenvalue weighted by molar-refractivity contribution is -0.138. The van der Waals surface area contributed by atoms with E-state index in [9.17, 15) is 24.6 Å². The summed E-state index contributed by atoms with van der Waals surface area (Å²) < 4.78 is 0. The van der Waals surface area contributed by atoms with Crippen LogP contribution >= 0.6 is 0 Å². The number of carbonyl (C=O) groups is 3. The normalized spacial score (nSPS) is 21.6. The van der Waals surface area contributed by atoms with Crippen molar-refractivity contribution in [2.75, 3.05) is 0 Å². The van der Waals surface area contributed by atoms with Crippen molar-refractivity contribution in [1.29, 1.82) is 0 Å². The molecule has 0 aliphatic carbocycles. The molecule has 8 bridgehead atoms. The van der Waals surface area contributed by atoms with E-state index in [1.165, 1.54) is 5.56 Å². The van der Waals surface area contributed by atoms with Gasteiger partial charge in [-0.1, -0.05) is 13.8 Å². The molecule has 1 saturated heterocycles. The fraction of sp³-hybridized carbons (Fsp3) is 0.382. The van der Waals surface area contributed by atoms with Crippen LogP contribution in [0.15, 0.2) is 11.4 Å². The topological polar surface area (TPSA) is 151 Å². The van der Waals surface area contributed by atoms with Gasteiger partial charge in [0.15, 0.2) is 5.78 Å². The van der Waals surface area contributed by atoms with E-state index >= 15 is 0 Å². The summed E-state index contributed by atoms with van der Waals surface area (Å²) in [5.74, 6) is -1.77. The number of nitrogens with one attached hydrogen (secondary N) is 4. The molecule has 2 aliphatic heterocycles. The molecule has 3 aromatic heterocycles. The first-order valence-corrected chi connectivity index (χ1v) is 14.9. The van der Waals surface area contributed by atoms with E-state index < -0.39 is 17.4 Å². The molecule has 0 radical (unpaired) electrons. The van der Waals surface area contributed by atoms with Gasteiger partial charge in [-0.05, 0) is 111 Å². The third-order valence-corrected chi connectivity index (χ3v) is 9.36. The average molecular weight is 585 g/mol. The van der Waals surface area contributed by atoms with E-state index in [2.05, 4.69) is 46.3 Å².